The third-order valence-corrected chi connectivity index (χ3v) is 7.39. The van der Waals surface area contributed by atoms with Gasteiger partial charge in [-0.05, 0) is 59.7 Å². The summed E-state index contributed by atoms with van der Waals surface area (Å²) in [4.78, 5) is 0. The molecule has 0 radical (unpaired) electrons. The zero-order chi connectivity index (χ0) is 14.1. The molecule has 0 saturated heterocycles. The molecular formula is C12H18BrNO3S2. The molecule has 0 spiro atoms. The van der Waals surface area contributed by atoms with Crippen molar-refractivity contribution >= 4 is 37.3 Å². The number of sulfonamides is 1. The maximum atomic E-state index is 12.3. The summed E-state index contributed by atoms with van der Waals surface area (Å²) in [6, 6.07) is 3.29. The van der Waals surface area contributed by atoms with Crippen molar-refractivity contribution in [3.05, 3.63) is 15.9 Å². The predicted octanol–water partition coefficient (Wildman–Crippen LogP) is 2.73. The molecule has 1 heterocycles. The summed E-state index contributed by atoms with van der Waals surface area (Å²) < 4.78 is 28.4. The summed E-state index contributed by atoms with van der Waals surface area (Å²) in [5.74, 6) is 0.597. The zero-order valence-corrected chi connectivity index (χ0v) is 13.9. The first-order valence-electron chi connectivity index (χ1n) is 6.27. The van der Waals surface area contributed by atoms with E-state index in [2.05, 4.69) is 27.6 Å². The maximum Gasteiger partial charge on any atom is 0.250 e. The fourth-order valence-corrected chi connectivity index (χ4v) is 5.85. The Labute approximate surface area is 126 Å². The summed E-state index contributed by atoms with van der Waals surface area (Å²) >= 11 is 4.44. The number of nitrogens with one attached hydrogen (secondary N) is 1. The second-order valence-corrected chi connectivity index (χ2v) is 9.66. The van der Waals surface area contributed by atoms with Crippen LogP contribution in [-0.4, -0.2) is 25.7 Å². The van der Waals surface area contributed by atoms with Gasteiger partial charge in [0.25, 0.3) is 10.0 Å². The van der Waals surface area contributed by atoms with Crippen molar-refractivity contribution in [2.75, 3.05) is 6.61 Å². The average molecular weight is 368 g/mol. The summed E-state index contributed by atoms with van der Waals surface area (Å²) in [7, 11) is -3.55. The van der Waals surface area contributed by atoms with Gasteiger partial charge in [-0.2, -0.15) is 0 Å². The standard InChI is InChI=1S/C12H18BrNO3S2/c1-9-4-6-12(8-15,7-5-9)14-19(16,17)11-3-2-10(13)18-11/h2-3,9,14-15H,4-8H2,1H3. The van der Waals surface area contributed by atoms with E-state index in [0.29, 0.717) is 18.8 Å². The van der Waals surface area contributed by atoms with E-state index in [4.69, 9.17) is 0 Å². The molecule has 19 heavy (non-hydrogen) atoms. The molecule has 0 bridgehead atoms. The summed E-state index contributed by atoms with van der Waals surface area (Å²) in [6.45, 7) is 2.01. The van der Waals surface area contributed by atoms with Gasteiger partial charge in [0, 0.05) is 0 Å². The van der Waals surface area contributed by atoms with Gasteiger partial charge in [0.05, 0.1) is 15.9 Å². The Morgan fingerprint density at radius 3 is 2.58 bits per heavy atom. The Hall–Kier alpha value is 0.0500. The Balaban J connectivity index is 2.18. The van der Waals surface area contributed by atoms with E-state index >= 15 is 0 Å². The number of halogens is 1. The lowest BCUT2D eigenvalue weighted by Crippen LogP contribution is -2.52. The molecule has 1 aliphatic carbocycles. The number of hydrogen-bond donors (Lipinski definition) is 2. The van der Waals surface area contributed by atoms with Crippen LogP contribution < -0.4 is 4.72 Å². The van der Waals surface area contributed by atoms with Gasteiger partial charge in [0.1, 0.15) is 4.21 Å². The Morgan fingerprint density at radius 1 is 1.47 bits per heavy atom. The van der Waals surface area contributed by atoms with Gasteiger partial charge in [0.15, 0.2) is 0 Å². The second kappa shape index (κ2) is 5.81. The first-order valence-corrected chi connectivity index (χ1v) is 9.36. The van der Waals surface area contributed by atoms with E-state index in [1.807, 2.05) is 0 Å². The molecule has 0 amide bonds. The highest BCUT2D eigenvalue weighted by molar-refractivity contribution is 9.11. The lowest BCUT2D eigenvalue weighted by Gasteiger charge is -2.38. The molecule has 7 heteroatoms. The first-order chi connectivity index (χ1) is 8.87. The van der Waals surface area contributed by atoms with Crippen LogP contribution in [0.1, 0.15) is 32.6 Å². The maximum absolute atomic E-state index is 12.3. The van der Waals surface area contributed by atoms with E-state index in [1.54, 1.807) is 12.1 Å². The normalized spacial score (nSPS) is 28.5. The molecule has 0 aromatic carbocycles. The van der Waals surface area contributed by atoms with E-state index < -0.39 is 15.6 Å². The molecule has 1 fully saturated rings. The highest BCUT2D eigenvalue weighted by Gasteiger charge is 2.38. The minimum atomic E-state index is -3.55. The minimum absolute atomic E-state index is 0.147. The van der Waals surface area contributed by atoms with Crippen LogP contribution in [0.25, 0.3) is 0 Å². The molecule has 1 saturated carbocycles. The van der Waals surface area contributed by atoms with Gasteiger partial charge < -0.3 is 5.11 Å². The van der Waals surface area contributed by atoms with Crippen LogP contribution in [0.4, 0.5) is 0 Å². The number of thiophene rings is 1. The molecule has 2 rings (SSSR count). The third-order valence-electron chi connectivity index (χ3n) is 3.70. The lowest BCUT2D eigenvalue weighted by atomic mass is 9.78. The van der Waals surface area contributed by atoms with E-state index in [1.165, 1.54) is 11.3 Å². The number of rotatable bonds is 4. The molecule has 1 aromatic heterocycles. The topological polar surface area (TPSA) is 66.4 Å². The molecule has 1 aliphatic rings. The van der Waals surface area contributed by atoms with E-state index in [9.17, 15) is 13.5 Å². The average Bonchev–Trinajstić information content (AvgIpc) is 2.80. The van der Waals surface area contributed by atoms with Crippen molar-refractivity contribution in [2.24, 2.45) is 5.92 Å². The monoisotopic (exact) mass is 367 g/mol. The fourth-order valence-electron chi connectivity index (χ4n) is 2.38. The van der Waals surface area contributed by atoms with Crippen LogP contribution in [0.15, 0.2) is 20.1 Å². The minimum Gasteiger partial charge on any atom is -0.394 e. The first kappa shape index (κ1) is 15.4. The Bertz CT molecular complexity index is 533. The lowest BCUT2D eigenvalue weighted by molar-refractivity contribution is 0.125. The SMILES string of the molecule is CC1CCC(CO)(NS(=O)(=O)c2ccc(Br)s2)CC1. The third kappa shape index (κ3) is 3.58. The van der Waals surface area contributed by atoms with Crippen LogP contribution in [0, 0.1) is 5.92 Å². The van der Waals surface area contributed by atoms with Crippen molar-refractivity contribution < 1.29 is 13.5 Å². The Morgan fingerprint density at radius 2 is 2.11 bits per heavy atom. The quantitative estimate of drug-likeness (QED) is 0.859. The molecule has 2 N–H and O–H groups in total. The van der Waals surface area contributed by atoms with E-state index in [-0.39, 0.29) is 10.8 Å². The van der Waals surface area contributed by atoms with Gasteiger partial charge in [-0.15, -0.1) is 11.3 Å². The van der Waals surface area contributed by atoms with Crippen molar-refractivity contribution in [3.63, 3.8) is 0 Å². The summed E-state index contributed by atoms with van der Waals surface area (Å²) in [5, 5.41) is 9.61. The summed E-state index contributed by atoms with van der Waals surface area (Å²) in [6.07, 6.45) is 3.27. The zero-order valence-electron chi connectivity index (χ0n) is 10.7. The van der Waals surface area contributed by atoms with Gasteiger partial charge in [-0.3, -0.25) is 0 Å². The molecule has 0 aliphatic heterocycles. The fraction of sp³-hybridized carbons (Fsp3) is 0.667. The van der Waals surface area contributed by atoms with Crippen molar-refractivity contribution in [1.82, 2.24) is 4.72 Å². The van der Waals surface area contributed by atoms with Gasteiger partial charge in [0.2, 0.25) is 0 Å². The molecular weight excluding hydrogens is 350 g/mol. The van der Waals surface area contributed by atoms with Crippen LogP contribution in [0.5, 0.6) is 0 Å². The van der Waals surface area contributed by atoms with Crippen LogP contribution in [0.2, 0.25) is 0 Å². The summed E-state index contributed by atoms with van der Waals surface area (Å²) in [5.41, 5.74) is -0.693. The Kier molecular flexibility index (Phi) is 4.72. The van der Waals surface area contributed by atoms with Crippen molar-refractivity contribution in [3.8, 4) is 0 Å². The van der Waals surface area contributed by atoms with Crippen molar-refractivity contribution in [1.29, 1.82) is 0 Å². The second-order valence-electron chi connectivity index (χ2n) is 5.29. The molecule has 4 nitrogen and oxygen atoms in total. The van der Waals surface area contributed by atoms with Crippen LogP contribution in [-0.2, 0) is 10.0 Å². The number of hydrogen-bond acceptors (Lipinski definition) is 4. The molecule has 0 atom stereocenters. The number of aliphatic hydroxyl groups excluding tert-OH is 1. The van der Waals surface area contributed by atoms with E-state index in [0.717, 1.165) is 16.6 Å². The highest BCUT2D eigenvalue weighted by Crippen LogP contribution is 2.34. The molecule has 1 aromatic rings. The largest absolute Gasteiger partial charge is 0.394 e. The van der Waals surface area contributed by atoms with Gasteiger partial charge in [-0.25, -0.2) is 13.1 Å². The highest BCUT2D eigenvalue weighted by atomic mass is 79.9. The number of aliphatic hydroxyl groups is 1. The molecule has 0 unspecified atom stereocenters. The van der Waals surface area contributed by atoms with Gasteiger partial charge in [-0.1, -0.05) is 6.92 Å². The van der Waals surface area contributed by atoms with Crippen molar-refractivity contribution in [2.45, 2.75) is 42.4 Å². The molecule has 108 valence electrons. The van der Waals surface area contributed by atoms with Crippen LogP contribution in [0.3, 0.4) is 0 Å². The van der Waals surface area contributed by atoms with Gasteiger partial charge >= 0.3 is 0 Å². The predicted molar refractivity (Wildman–Crippen MR) is 79.8 cm³/mol. The smallest absolute Gasteiger partial charge is 0.250 e. The van der Waals surface area contributed by atoms with Crippen LogP contribution >= 0.6 is 27.3 Å².